The number of nitrogens with zero attached hydrogens (tertiary/aromatic N) is 2. The highest BCUT2D eigenvalue weighted by Gasteiger charge is 2.31. The van der Waals surface area contributed by atoms with Crippen molar-refractivity contribution >= 4 is 17.7 Å². The zero-order valence-corrected chi connectivity index (χ0v) is 15.2. The summed E-state index contributed by atoms with van der Waals surface area (Å²) in [6.07, 6.45) is -3.37. The summed E-state index contributed by atoms with van der Waals surface area (Å²) in [7, 11) is 0. The van der Waals surface area contributed by atoms with Crippen molar-refractivity contribution in [2.45, 2.75) is 23.8 Å². The van der Waals surface area contributed by atoms with Crippen molar-refractivity contribution in [2.75, 3.05) is 0 Å². The molecule has 0 bridgehead atoms. The van der Waals surface area contributed by atoms with E-state index in [1.807, 2.05) is 0 Å². The summed E-state index contributed by atoms with van der Waals surface area (Å²) in [6, 6.07) is 12.6. The zero-order valence-electron chi connectivity index (χ0n) is 14.4. The molecule has 1 heterocycles. The van der Waals surface area contributed by atoms with Crippen LogP contribution in [0.15, 0.2) is 60.0 Å². The Morgan fingerprint density at radius 1 is 1.14 bits per heavy atom. The predicted octanol–water partition coefficient (Wildman–Crippen LogP) is 3.93. The van der Waals surface area contributed by atoms with Gasteiger partial charge in [0.1, 0.15) is 12.1 Å². The van der Waals surface area contributed by atoms with Gasteiger partial charge in [-0.3, -0.25) is 9.89 Å². The number of halogens is 3. The second-order valence-corrected chi connectivity index (χ2v) is 6.58. The van der Waals surface area contributed by atoms with E-state index in [0.29, 0.717) is 16.5 Å². The van der Waals surface area contributed by atoms with Crippen LogP contribution in [-0.2, 0) is 12.3 Å². The number of aromatic amines is 1. The molecule has 1 amide bonds. The lowest BCUT2D eigenvalue weighted by molar-refractivity contribution is -0.274. The third kappa shape index (κ3) is 5.74. The lowest BCUT2D eigenvalue weighted by Gasteiger charge is -2.13. The van der Waals surface area contributed by atoms with E-state index >= 15 is 0 Å². The molecule has 2 aromatic carbocycles. The molecule has 0 saturated heterocycles. The molecule has 0 aliphatic heterocycles. The molecule has 0 saturated carbocycles. The van der Waals surface area contributed by atoms with E-state index in [4.69, 9.17) is 0 Å². The first kappa shape index (κ1) is 19.7. The van der Waals surface area contributed by atoms with Crippen molar-refractivity contribution in [1.82, 2.24) is 20.5 Å². The first-order valence-corrected chi connectivity index (χ1v) is 9.08. The number of nitrogens with one attached hydrogen (secondary N) is 2. The first-order chi connectivity index (χ1) is 13.4. The maximum absolute atomic E-state index is 12.5. The summed E-state index contributed by atoms with van der Waals surface area (Å²) in [5.41, 5.74) is 1.62. The normalized spacial score (nSPS) is 11.2. The van der Waals surface area contributed by atoms with Gasteiger partial charge in [0.05, 0.1) is 0 Å². The summed E-state index contributed by atoms with van der Waals surface area (Å²) in [5.74, 6) is -0.0782. The van der Waals surface area contributed by atoms with Gasteiger partial charge in [0.15, 0.2) is 5.16 Å². The molecule has 146 valence electrons. The van der Waals surface area contributed by atoms with Crippen LogP contribution in [0.25, 0.3) is 0 Å². The molecule has 0 atom stereocenters. The van der Waals surface area contributed by atoms with E-state index in [1.54, 1.807) is 30.3 Å². The maximum atomic E-state index is 12.5. The molecular weight excluding hydrogens is 393 g/mol. The van der Waals surface area contributed by atoms with Crippen LogP contribution in [0, 0.1) is 0 Å². The number of carbonyl (C=O) groups excluding carboxylic acids is 1. The van der Waals surface area contributed by atoms with E-state index in [-0.39, 0.29) is 17.9 Å². The molecular formula is C18H15F3N4O2S. The fraction of sp³-hybridized carbons (Fsp3) is 0.167. The number of carbonyl (C=O) groups is 1. The predicted molar refractivity (Wildman–Crippen MR) is 96.7 cm³/mol. The van der Waals surface area contributed by atoms with Gasteiger partial charge in [-0.2, -0.15) is 5.10 Å². The summed E-state index contributed by atoms with van der Waals surface area (Å²) in [5, 5.41) is 9.80. The molecule has 0 fully saturated rings. The second kappa shape index (κ2) is 8.79. The average Bonchev–Trinajstić information content (AvgIpc) is 3.18. The molecule has 6 nitrogen and oxygen atoms in total. The summed E-state index contributed by atoms with van der Waals surface area (Å²) in [4.78, 5) is 16.3. The first-order valence-electron chi connectivity index (χ1n) is 8.10. The highest BCUT2D eigenvalue weighted by Crippen LogP contribution is 2.26. The number of amides is 1. The Labute approximate surface area is 162 Å². The molecule has 0 aliphatic carbocycles. The van der Waals surface area contributed by atoms with E-state index in [2.05, 4.69) is 25.2 Å². The van der Waals surface area contributed by atoms with Crippen LogP contribution in [0.1, 0.15) is 21.5 Å². The van der Waals surface area contributed by atoms with Crippen LogP contribution in [0.3, 0.4) is 0 Å². The van der Waals surface area contributed by atoms with E-state index in [9.17, 15) is 18.0 Å². The topological polar surface area (TPSA) is 79.9 Å². The van der Waals surface area contributed by atoms with Gasteiger partial charge in [-0.15, -0.1) is 13.2 Å². The molecule has 3 aromatic rings. The number of benzene rings is 2. The molecule has 0 radical (unpaired) electrons. The van der Waals surface area contributed by atoms with Crippen molar-refractivity contribution in [2.24, 2.45) is 0 Å². The van der Waals surface area contributed by atoms with E-state index in [0.717, 1.165) is 5.56 Å². The summed E-state index contributed by atoms with van der Waals surface area (Å²) >= 11 is 1.47. The molecule has 1 aromatic heterocycles. The minimum absolute atomic E-state index is 0.0891. The fourth-order valence-corrected chi connectivity index (χ4v) is 3.05. The van der Waals surface area contributed by atoms with Gasteiger partial charge in [-0.05, 0) is 23.8 Å². The molecule has 0 unspecified atom stereocenters. The van der Waals surface area contributed by atoms with E-state index < -0.39 is 12.3 Å². The molecule has 3 rings (SSSR count). The number of para-hydroxylation sites is 1. The Morgan fingerprint density at radius 2 is 1.89 bits per heavy atom. The summed E-state index contributed by atoms with van der Waals surface area (Å²) in [6.45, 7) is -0.0891. The molecule has 2 N–H and O–H groups in total. The number of thioether (sulfide) groups is 1. The maximum Gasteiger partial charge on any atom is 0.573 e. The van der Waals surface area contributed by atoms with Crippen LogP contribution in [0.5, 0.6) is 5.75 Å². The average molecular weight is 408 g/mol. The lowest BCUT2D eigenvalue weighted by Crippen LogP contribution is -2.24. The van der Waals surface area contributed by atoms with Crippen molar-refractivity contribution in [3.05, 3.63) is 71.5 Å². The standard InChI is InChI=1S/C18H15F3N4O2S/c19-18(20,21)27-15-4-2-1-3-14(15)9-22-16(26)13-7-5-12(6-8-13)10-28-17-23-11-24-25-17/h1-8,11H,9-10H2,(H,22,26)(H,23,24,25). The van der Waals surface area contributed by atoms with E-state index in [1.165, 1.54) is 36.3 Å². The van der Waals surface area contributed by atoms with Crippen LogP contribution >= 0.6 is 11.8 Å². The highest BCUT2D eigenvalue weighted by molar-refractivity contribution is 7.98. The van der Waals surface area contributed by atoms with Crippen LogP contribution in [0.4, 0.5) is 13.2 Å². The Kier molecular flexibility index (Phi) is 6.19. The van der Waals surface area contributed by atoms with Gasteiger partial charge in [0.25, 0.3) is 5.91 Å². The third-order valence-corrected chi connectivity index (χ3v) is 4.57. The number of hydrogen-bond donors (Lipinski definition) is 2. The van der Waals surface area contributed by atoms with Crippen molar-refractivity contribution < 1.29 is 22.7 Å². The fourth-order valence-electron chi connectivity index (χ4n) is 2.32. The number of hydrogen-bond acceptors (Lipinski definition) is 5. The third-order valence-electron chi connectivity index (χ3n) is 3.62. The largest absolute Gasteiger partial charge is 0.573 e. The lowest BCUT2D eigenvalue weighted by atomic mass is 10.1. The number of ether oxygens (including phenoxy) is 1. The van der Waals surface area contributed by atoms with Crippen LogP contribution in [-0.4, -0.2) is 27.5 Å². The Bertz CT molecular complexity index is 915. The van der Waals surface area contributed by atoms with Gasteiger partial charge in [-0.25, -0.2) is 4.98 Å². The van der Waals surface area contributed by atoms with Crippen LogP contribution in [0.2, 0.25) is 0 Å². The molecule has 10 heteroatoms. The molecule has 0 aliphatic rings. The van der Waals surface area contributed by atoms with Crippen molar-refractivity contribution in [3.63, 3.8) is 0 Å². The van der Waals surface area contributed by atoms with Crippen LogP contribution < -0.4 is 10.1 Å². The van der Waals surface area contributed by atoms with Gasteiger partial charge >= 0.3 is 6.36 Å². The molecule has 0 spiro atoms. The Balaban J connectivity index is 1.56. The number of rotatable bonds is 7. The highest BCUT2D eigenvalue weighted by atomic mass is 32.2. The second-order valence-electron chi connectivity index (χ2n) is 5.61. The number of H-pyrrole nitrogens is 1. The Hall–Kier alpha value is -3.01. The van der Waals surface area contributed by atoms with Gasteiger partial charge in [0, 0.05) is 23.4 Å². The monoisotopic (exact) mass is 408 g/mol. The quantitative estimate of drug-likeness (QED) is 0.579. The minimum atomic E-state index is -4.79. The van der Waals surface area contributed by atoms with Gasteiger partial charge < -0.3 is 10.1 Å². The van der Waals surface area contributed by atoms with Gasteiger partial charge in [-0.1, -0.05) is 42.1 Å². The number of alkyl halides is 3. The van der Waals surface area contributed by atoms with Crippen molar-refractivity contribution in [1.29, 1.82) is 0 Å². The SMILES string of the molecule is O=C(NCc1ccccc1OC(F)(F)F)c1ccc(CSc2ncn[nH]2)cc1. The zero-order chi connectivity index (χ0) is 20.0. The number of aromatic nitrogens is 3. The van der Waals surface area contributed by atoms with Gasteiger partial charge in [0.2, 0.25) is 0 Å². The van der Waals surface area contributed by atoms with Crippen molar-refractivity contribution in [3.8, 4) is 5.75 Å². The molecule has 28 heavy (non-hydrogen) atoms. The minimum Gasteiger partial charge on any atom is -0.405 e. The Morgan fingerprint density at radius 3 is 2.57 bits per heavy atom. The smallest absolute Gasteiger partial charge is 0.405 e. The summed E-state index contributed by atoms with van der Waals surface area (Å²) < 4.78 is 41.3.